The number of fused-ring (bicyclic) bond motifs is 1. The molecule has 0 saturated heterocycles. The topological polar surface area (TPSA) is 92.9 Å². The quantitative estimate of drug-likeness (QED) is 0.729. The molecule has 2 aromatic rings. The molecule has 1 unspecified atom stereocenters. The monoisotopic (exact) mass is 397 g/mol. The third-order valence-corrected chi connectivity index (χ3v) is 5.17. The summed E-state index contributed by atoms with van der Waals surface area (Å²) >= 11 is 0. The average Bonchev–Trinajstić information content (AvgIpc) is 3.09. The Labute approximate surface area is 170 Å². The fraction of sp³-hybridized carbons (Fsp3) is 0.409. The van der Waals surface area contributed by atoms with E-state index in [9.17, 15) is 9.59 Å². The van der Waals surface area contributed by atoms with Crippen molar-refractivity contribution in [2.24, 2.45) is 5.10 Å². The first-order valence-electron chi connectivity index (χ1n) is 9.89. The van der Waals surface area contributed by atoms with E-state index in [0.717, 1.165) is 41.9 Å². The Hall–Kier alpha value is -3.09. The van der Waals surface area contributed by atoms with Crippen LogP contribution >= 0.6 is 0 Å². The molecular formula is C22H27N3O4. The zero-order valence-corrected chi connectivity index (χ0v) is 17.3. The maximum absolute atomic E-state index is 12.5. The minimum atomic E-state index is -0.303. The highest BCUT2D eigenvalue weighted by Gasteiger charge is 2.28. The highest BCUT2D eigenvalue weighted by Crippen LogP contribution is 2.30. The Morgan fingerprint density at radius 2 is 1.93 bits per heavy atom. The first kappa shape index (κ1) is 20.6. The lowest BCUT2D eigenvalue weighted by Gasteiger charge is -2.13. The molecule has 7 nitrogen and oxygen atoms in total. The molecule has 1 aliphatic rings. The SMILES string of the molecule is CCC(C)NC(=O)c1oc2c(c1C)/C(=N/NC(=O)c1ccc(OC)cc1)CCC2. The van der Waals surface area contributed by atoms with E-state index in [4.69, 9.17) is 9.15 Å². The van der Waals surface area contributed by atoms with E-state index in [2.05, 4.69) is 15.8 Å². The van der Waals surface area contributed by atoms with Gasteiger partial charge in [-0.25, -0.2) is 5.43 Å². The number of furan rings is 1. The lowest BCUT2D eigenvalue weighted by Crippen LogP contribution is -2.32. The first-order chi connectivity index (χ1) is 13.9. The standard InChI is InChI=1S/C22H27N3O4/c1-5-13(2)23-22(27)20-14(3)19-17(7-6-8-18(19)29-20)24-25-21(26)15-9-11-16(28-4)12-10-15/h9-13H,5-8H2,1-4H3,(H,23,27)(H,25,26)/b24-17+. The van der Waals surface area contributed by atoms with Crippen molar-refractivity contribution < 1.29 is 18.7 Å². The smallest absolute Gasteiger partial charge is 0.287 e. The highest BCUT2D eigenvalue weighted by atomic mass is 16.5. The van der Waals surface area contributed by atoms with Crippen molar-refractivity contribution in [2.75, 3.05) is 7.11 Å². The van der Waals surface area contributed by atoms with Crippen LogP contribution in [-0.4, -0.2) is 30.7 Å². The molecule has 0 spiro atoms. The minimum absolute atomic E-state index is 0.0703. The largest absolute Gasteiger partial charge is 0.497 e. The molecule has 29 heavy (non-hydrogen) atoms. The lowest BCUT2D eigenvalue weighted by atomic mass is 9.93. The van der Waals surface area contributed by atoms with Gasteiger partial charge in [0.1, 0.15) is 11.5 Å². The molecule has 2 amide bonds. The van der Waals surface area contributed by atoms with Crippen LogP contribution in [0.3, 0.4) is 0 Å². The summed E-state index contributed by atoms with van der Waals surface area (Å²) in [4.78, 5) is 24.9. The van der Waals surface area contributed by atoms with Crippen molar-refractivity contribution in [1.82, 2.24) is 10.7 Å². The van der Waals surface area contributed by atoms with Gasteiger partial charge in [-0.2, -0.15) is 5.10 Å². The molecule has 0 saturated carbocycles. The first-order valence-corrected chi connectivity index (χ1v) is 9.89. The molecule has 1 atom stereocenters. The second-order valence-electron chi connectivity index (χ2n) is 7.22. The van der Waals surface area contributed by atoms with Crippen LogP contribution in [0.15, 0.2) is 33.8 Å². The van der Waals surface area contributed by atoms with Crippen LogP contribution in [0, 0.1) is 6.92 Å². The van der Waals surface area contributed by atoms with Gasteiger partial charge in [-0.15, -0.1) is 0 Å². The van der Waals surface area contributed by atoms with Crippen LogP contribution in [0.25, 0.3) is 0 Å². The van der Waals surface area contributed by atoms with Gasteiger partial charge in [-0.1, -0.05) is 6.92 Å². The maximum Gasteiger partial charge on any atom is 0.287 e. The molecule has 0 aliphatic heterocycles. The van der Waals surface area contributed by atoms with Crippen LogP contribution in [0.2, 0.25) is 0 Å². The molecule has 3 rings (SSSR count). The number of methoxy groups -OCH3 is 1. The fourth-order valence-electron chi connectivity index (χ4n) is 3.31. The molecule has 1 heterocycles. The predicted octanol–water partition coefficient (Wildman–Crippen LogP) is 3.60. The van der Waals surface area contributed by atoms with E-state index >= 15 is 0 Å². The Balaban J connectivity index is 1.80. The summed E-state index contributed by atoms with van der Waals surface area (Å²) in [6.45, 7) is 5.83. The van der Waals surface area contributed by atoms with Crippen molar-refractivity contribution in [3.05, 3.63) is 52.5 Å². The molecule has 0 radical (unpaired) electrons. The Morgan fingerprint density at radius 1 is 1.21 bits per heavy atom. The summed E-state index contributed by atoms with van der Waals surface area (Å²) in [6.07, 6.45) is 3.15. The molecule has 1 aromatic heterocycles. The molecular weight excluding hydrogens is 370 g/mol. The zero-order chi connectivity index (χ0) is 21.0. The van der Waals surface area contributed by atoms with E-state index in [1.165, 1.54) is 0 Å². The molecule has 0 bridgehead atoms. The van der Waals surface area contributed by atoms with Crippen LogP contribution in [-0.2, 0) is 6.42 Å². The van der Waals surface area contributed by atoms with Gasteiger partial charge in [0.15, 0.2) is 5.76 Å². The Kier molecular flexibility index (Phi) is 6.36. The number of rotatable bonds is 6. The third-order valence-electron chi connectivity index (χ3n) is 5.17. The number of carbonyl (C=O) groups excluding carboxylic acids is 2. The molecule has 1 aromatic carbocycles. The van der Waals surface area contributed by atoms with Crippen molar-refractivity contribution in [3.8, 4) is 5.75 Å². The number of hydrogen-bond donors (Lipinski definition) is 2. The molecule has 1 aliphatic carbocycles. The summed E-state index contributed by atoms with van der Waals surface area (Å²) in [7, 11) is 1.58. The normalized spacial score (nSPS) is 15.5. The molecule has 2 N–H and O–H groups in total. The molecule has 0 fully saturated rings. The number of benzene rings is 1. The lowest BCUT2D eigenvalue weighted by molar-refractivity contribution is 0.0907. The van der Waals surface area contributed by atoms with Crippen LogP contribution < -0.4 is 15.5 Å². The van der Waals surface area contributed by atoms with E-state index < -0.39 is 0 Å². The minimum Gasteiger partial charge on any atom is -0.497 e. The van der Waals surface area contributed by atoms with E-state index in [1.54, 1.807) is 31.4 Å². The summed E-state index contributed by atoms with van der Waals surface area (Å²) in [5.74, 6) is 1.24. The Morgan fingerprint density at radius 3 is 2.59 bits per heavy atom. The fourth-order valence-corrected chi connectivity index (χ4v) is 3.31. The van der Waals surface area contributed by atoms with E-state index in [1.807, 2.05) is 20.8 Å². The summed E-state index contributed by atoms with van der Waals surface area (Å²) in [6, 6.07) is 6.88. The number of nitrogens with zero attached hydrogens (tertiary/aromatic N) is 1. The number of amides is 2. The number of carbonyl (C=O) groups is 2. The van der Waals surface area contributed by atoms with Gasteiger partial charge in [-0.05, 0) is 57.4 Å². The van der Waals surface area contributed by atoms with E-state index in [-0.39, 0.29) is 17.9 Å². The summed E-state index contributed by atoms with van der Waals surface area (Å²) in [5, 5.41) is 7.29. The number of nitrogens with one attached hydrogen (secondary N) is 2. The van der Waals surface area contributed by atoms with Crippen molar-refractivity contribution in [1.29, 1.82) is 0 Å². The van der Waals surface area contributed by atoms with Crippen molar-refractivity contribution >= 4 is 17.5 Å². The number of hydrazone groups is 1. The van der Waals surface area contributed by atoms with Gasteiger partial charge in [0.05, 0.1) is 12.8 Å². The number of aryl methyl sites for hydroxylation is 1. The molecule has 154 valence electrons. The zero-order valence-electron chi connectivity index (χ0n) is 17.3. The third kappa shape index (κ3) is 4.50. The van der Waals surface area contributed by atoms with Crippen LogP contribution in [0.4, 0.5) is 0 Å². The van der Waals surface area contributed by atoms with Gasteiger partial charge in [0, 0.05) is 29.2 Å². The maximum atomic E-state index is 12.5. The average molecular weight is 397 g/mol. The van der Waals surface area contributed by atoms with Crippen molar-refractivity contribution in [3.63, 3.8) is 0 Å². The van der Waals surface area contributed by atoms with E-state index in [0.29, 0.717) is 23.5 Å². The summed E-state index contributed by atoms with van der Waals surface area (Å²) in [5.41, 5.74) is 5.44. The number of ether oxygens (including phenoxy) is 1. The van der Waals surface area contributed by atoms with Crippen molar-refractivity contribution in [2.45, 2.75) is 52.5 Å². The van der Waals surface area contributed by atoms with Gasteiger partial charge in [0.2, 0.25) is 0 Å². The second kappa shape index (κ2) is 8.94. The predicted molar refractivity (Wildman–Crippen MR) is 111 cm³/mol. The van der Waals surface area contributed by atoms with Crippen LogP contribution in [0.5, 0.6) is 5.75 Å². The van der Waals surface area contributed by atoms with Gasteiger partial charge in [0.25, 0.3) is 11.8 Å². The van der Waals surface area contributed by atoms with Gasteiger partial charge < -0.3 is 14.5 Å². The van der Waals surface area contributed by atoms with Gasteiger partial charge >= 0.3 is 0 Å². The highest BCUT2D eigenvalue weighted by molar-refractivity contribution is 6.07. The number of hydrogen-bond acceptors (Lipinski definition) is 5. The Bertz CT molecular complexity index is 928. The second-order valence-corrected chi connectivity index (χ2v) is 7.22. The van der Waals surface area contributed by atoms with Crippen LogP contribution in [0.1, 0.15) is 70.9 Å². The summed E-state index contributed by atoms with van der Waals surface area (Å²) < 4.78 is 11.0. The van der Waals surface area contributed by atoms with Gasteiger partial charge in [-0.3, -0.25) is 9.59 Å². The molecule has 7 heteroatoms.